The van der Waals surface area contributed by atoms with E-state index in [4.69, 9.17) is 4.99 Å². The molecule has 0 saturated carbocycles. The van der Waals surface area contributed by atoms with Crippen molar-refractivity contribution in [1.82, 2.24) is 20.4 Å². The van der Waals surface area contributed by atoms with Crippen LogP contribution in [0, 0.1) is 5.92 Å². The van der Waals surface area contributed by atoms with Crippen LogP contribution in [0.2, 0.25) is 0 Å². The summed E-state index contributed by atoms with van der Waals surface area (Å²) >= 11 is 0. The van der Waals surface area contributed by atoms with E-state index in [1.54, 1.807) is 6.20 Å². The zero-order valence-electron chi connectivity index (χ0n) is 14.7. The van der Waals surface area contributed by atoms with Crippen molar-refractivity contribution in [2.24, 2.45) is 10.9 Å². The van der Waals surface area contributed by atoms with Gasteiger partial charge in [-0.3, -0.25) is 4.68 Å². The maximum absolute atomic E-state index is 4.71. The van der Waals surface area contributed by atoms with Crippen LogP contribution in [0.1, 0.15) is 31.9 Å². The van der Waals surface area contributed by atoms with Crippen LogP contribution >= 0.6 is 24.0 Å². The summed E-state index contributed by atoms with van der Waals surface area (Å²) in [5.41, 5.74) is 2.48. The second-order valence-electron chi connectivity index (χ2n) is 5.94. The highest BCUT2D eigenvalue weighted by atomic mass is 127. The van der Waals surface area contributed by atoms with Gasteiger partial charge in [-0.25, -0.2) is 4.99 Å². The first-order valence-electron chi connectivity index (χ1n) is 8.25. The Morgan fingerprint density at radius 3 is 2.54 bits per heavy atom. The summed E-state index contributed by atoms with van der Waals surface area (Å²) in [4.78, 5) is 4.71. The number of nitrogens with zero attached hydrogens (tertiary/aromatic N) is 3. The van der Waals surface area contributed by atoms with Crippen molar-refractivity contribution in [2.45, 2.75) is 33.9 Å². The zero-order chi connectivity index (χ0) is 16.5. The monoisotopic (exact) mass is 441 g/mol. The summed E-state index contributed by atoms with van der Waals surface area (Å²) < 4.78 is 1.94. The second-order valence-corrected chi connectivity index (χ2v) is 5.94. The van der Waals surface area contributed by atoms with Crippen molar-refractivity contribution in [1.29, 1.82) is 0 Å². The molecule has 1 aromatic heterocycles. The first kappa shape index (κ1) is 20.5. The molecule has 0 radical (unpaired) electrons. The van der Waals surface area contributed by atoms with Crippen LogP contribution in [-0.2, 0) is 13.1 Å². The molecule has 2 aromatic rings. The number of hydrogen-bond acceptors (Lipinski definition) is 2. The van der Waals surface area contributed by atoms with Crippen LogP contribution < -0.4 is 10.6 Å². The Kier molecular flexibility index (Phi) is 9.44. The van der Waals surface area contributed by atoms with Crippen molar-refractivity contribution >= 4 is 29.9 Å². The summed E-state index contributed by atoms with van der Waals surface area (Å²) in [6.45, 7) is 9.67. The lowest BCUT2D eigenvalue weighted by Crippen LogP contribution is -2.39. The summed E-state index contributed by atoms with van der Waals surface area (Å²) in [6.07, 6.45) is 3.79. The minimum atomic E-state index is 0. The molecule has 0 amide bonds. The fourth-order valence-corrected chi connectivity index (χ4v) is 2.24. The molecule has 1 heterocycles. The average molecular weight is 441 g/mol. The van der Waals surface area contributed by atoms with Crippen LogP contribution in [0.15, 0.2) is 47.7 Å². The number of aromatic nitrogens is 2. The molecule has 0 unspecified atom stereocenters. The molecule has 5 nitrogen and oxygen atoms in total. The number of benzene rings is 1. The highest BCUT2D eigenvalue weighted by Gasteiger charge is 2.04. The Hall–Kier alpha value is -1.57. The standard InChI is InChI=1S/C18H27N5.HI/c1-4-19-18(20-12-15(2)3)21-13-16-8-5-6-9-17(16)14-23-11-7-10-22-23;/h5-11,15H,4,12-14H2,1-3H3,(H2,19,20,21);1H. The van der Waals surface area contributed by atoms with Crippen LogP contribution in [-0.4, -0.2) is 28.8 Å². The van der Waals surface area contributed by atoms with Gasteiger partial charge in [0, 0.05) is 25.5 Å². The van der Waals surface area contributed by atoms with E-state index < -0.39 is 0 Å². The molecule has 0 bridgehead atoms. The van der Waals surface area contributed by atoms with E-state index in [9.17, 15) is 0 Å². The average Bonchev–Trinajstić information content (AvgIpc) is 3.04. The summed E-state index contributed by atoms with van der Waals surface area (Å²) in [5, 5.41) is 11.0. The number of guanidine groups is 1. The molecule has 2 rings (SSSR count). The van der Waals surface area contributed by atoms with Gasteiger partial charge in [-0.15, -0.1) is 24.0 Å². The third-order valence-corrected chi connectivity index (χ3v) is 3.44. The Morgan fingerprint density at radius 2 is 1.92 bits per heavy atom. The fourth-order valence-electron chi connectivity index (χ4n) is 2.24. The van der Waals surface area contributed by atoms with E-state index in [1.165, 1.54) is 11.1 Å². The predicted molar refractivity (Wildman–Crippen MR) is 111 cm³/mol. The van der Waals surface area contributed by atoms with Crippen molar-refractivity contribution in [2.75, 3.05) is 13.1 Å². The van der Waals surface area contributed by atoms with E-state index in [-0.39, 0.29) is 24.0 Å². The van der Waals surface area contributed by atoms with Gasteiger partial charge in [0.25, 0.3) is 0 Å². The van der Waals surface area contributed by atoms with Crippen molar-refractivity contribution in [3.63, 3.8) is 0 Å². The van der Waals surface area contributed by atoms with Gasteiger partial charge in [-0.2, -0.15) is 5.10 Å². The van der Waals surface area contributed by atoms with E-state index in [0.29, 0.717) is 12.5 Å². The Balaban J connectivity index is 0.00000288. The quantitative estimate of drug-likeness (QED) is 0.394. The third-order valence-electron chi connectivity index (χ3n) is 3.44. The van der Waals surface area contributed by atoms with Gasteiger partial charge < -0.3 is 10.6 Å². The molecule has 24 heavy (non-hydrogen) atoms. The molecule has 0 aliphatic carbocycles. The molecular formula is C18H28IN5. The molecule has 0 saturated heterocycles. The van der Waals surface area contributed by atoms with E-state index in [1.807, 2.05) is 16.9 Å². The molecule has 1 aromatic carbocycles. The topological polar surface area (TPSA) is 54.2 Å². The number of rotatable bonds is 7. The normalized spacial score (nSPS) is 11.2. The molecule has 0 aliphatic rings. The summed E-state index contributed by atoms with van der Waals surface area (Å²) in [7, 11) is 0. The lowest BCUT2D eigenvalue weighted by molar-refractivity contribution is 0.614. The molecule has 0 spiro atoms. The molecule has 0 aliphatic heterocycles. The highest BCUT2D eigenvalue weighted by Crippen LogP contribution is 2.11. The number of hydrogen-bond donors (Lipinski definition) is 2. The van der Waals surface area contributed by atoms with Crippen molar-refractivity contribution < 1.29 is 0 Å². The van der Waals surface area contributed by atoms with Crippen molar-refractivity contribution in [3.05, 3.63) is 53.9 Å². The van der Waals surface area contributed by atoms with Crippen LogP contribution in [0.25, 0.3) is 0 Å². The number of aliphatic imine (C=N–C) groups is 1. The van der Waals surface area contributed by atoms with Crippen LogP contribution in [0.4, 0.5) is 0 Å². The number of nitrogens with one attached hydrogen (secondary N) is 2. The summed E-state index contributed by atoms with van der Waals surface area (Å²) in [6, 6.07) is 10.3. The largest absolute Gasteiger partial charge is 0.357 e. The fraction of sp³-hybridized carbons (Fsp3) is 0.444. The zero-order valence-corrected chi connectivity index (χ0v) is 17.0. The van der Waals surface area contributed by atoms with Gasteiger partial charge in [-0.05, 0) is 30.0 Å². The Bertz CT molecular complexity index is 608. The van der Waals surface area contributed by atoms with Crippen molar-refractivity contribution in [3.8, 4) is 0 Å². The Morgan fingerprint density at radius 1 is 1.17 bits per heavy atom. The smallest absolute Gasteiger partial charge is 0.191 e. The van der Waals surface area contributed by atoms with Crippen LogP contribution in [0.3, 0.4) is 0 Å². The predicted octanol–water partition coefficient (Wildman–Crippen LogP) is 3.26. The van der Waals surface area contributed by atoms with Gasteiger partial charge in [0.2, 0.25) is 0 Å². The Labute approximate surface area is 162 Å². The molecule has 6 heteroatoms. The highest BCUT2D eigenvalue weighted by molar-refractivity contribution is 14.0. The third kappa shape index (κ3) is 6.90. The first-order chi connectivity index (χ1) is 11.2. The van der Waals surface area contributed by atoms with E-state index in [0.717, 1.165) is 25.6 Å². The molecule has 0 atom stereocenters. The van der Waals surface area contributed by atoms with Gasteiger partial charge in [0.15, 0.2) is 5.96 Å². The van der Waals surface area contributed by atoms with Gasteiger partial charge in [0.05, 0.1) is 13.1 Å². The molecule has 0 fully saturated rings. The van der Waals surface area contributed by atoms with Gasteiger partial charge in [0.1, 0.15) is 0 Å². The SMILES string of the molecule is CCNC(=NCc1ccccc1Cn1cccn1)NCC(C)C.I. The first-order valence-corrected chi connectivity index (χ1v) is 8.25. The molecule has 2 N–H and O–H groups in total. The van der Waals surface area contributed by atoms with Gasteiger partial charge in [-0.1, -0.05) is 38.1 Å². The lowest BCUT2D eigenvalue weighted by atomic mass is 10.1. The molecular weight excluding hydrogens is 413 g/mol. The van der Waals surface area contributed by atoms with E-state index >= 15 is 0 Å². The maximum atomic E-state index is 4.71. The summed E-state index contributed by atoms with van der Waals surface area (Å²) in [5.74, 6) is 1.46. The minimum Gasteiger partial charge on any atom is -0.357 e. The van der Waals surface area contributed by atoms with Crippen LogP contribution in [0.5, 0.6) is 0 Å². The van der Waals surface area contributed by atoms with E-state index in [2.05, 4.69) is 60.8 Å². The van der Waals surface area contributed by atoms with Gasteiger partial charge >= 0.3 is 0 Å². The lowest BCUT2D eigenvalue weighted by Gasteiger charge is -2.14. The number of halogens is 1. The molecule has 132 valence electrons. The maximum Gasteiger partial charge on any atom is 0.191 e. The second kappa shape index (κ2) is 11.1. The minimum absolute atomic E-state index is 0.